The van der Waals surface area contributed by atoms with E-state index in [9.17, 15) is 18.0 Å². The predicted octanol–water partition coefficient (Wildman–Crippen LogP) is 7.58. The van der Waals surface area contributed by atoms with Gasteiger partial charge < -0.3 is 4.74 Å². The monoisotopic (exact) mass is 568 g/mol. The Hall–Kier alpha value is -3.97. The lowest BCUT2D eigenvalue weighted by Crippen LogP contribution is -2.47. The molecule has 1 saturated heterocycles. The summed E-state index contributed by atoms with van der Waals surface area (Å²) in [6.07, 6.45) is 1.08. The van der Waals surface area contributed by atoms with Crippen LogP contribution >= 0.6 is 0 Å². The van der Waals surface area contributed by atoms with Gasteiger partial charge in [0.1, 0.15) is 0 Å². The maximum Gasteiger partial charge on any atom is 0.416 e. The van der Waals surface area contributed by atoms with Crippen molar-refractivity contribution in [2.24, 2.45) is 11.3 Å². The minimum absolute atomic E-state index is 0.00205. The Balaban J connectivity index is 1.35. The van der Waals surface area contributed by atoms with Crippen molar-refractivity contribution in [2.75, 3.05) is 13.7 Å². The molecule has 4 fully saturated rings. The molecule has 214 valence electrons. The largest absolute Gasteiger partial charge is 0.465 e. The van der Waals surface area contributed by atoms with E-state index in [0.29, 0.717) is 5.56 Å². The van der Waals surface area contributed by atoms with Crippen molar-refractivity contribution in [3.63, 3.8) is 0 Å². The summed E-state index contributed by atoms with van der Waals surface area (Å²) in [6.45, 7) is 1.56. The number of nitrogens with zero attached hydrogens (tertiary/aromatic N) is 2. The second-order valence-electron chi connectivity index (χ2n) is 12.1. The first-order valence-electron chi connectivity index (χ1n) is 14.3. The van der Waals surface area contributed by atoms with Gasteiger partial charge in [0.15, 0.2) is 0 Å². The SMILES string of the molecule is COC(=O)c1cccc(C23CC4(C2)[C@H](CN(Cc2cccnc2)[C@@H]4c2ccccc2)C3c2ccc(C(F)(F)F)cc2)c1. The highest BCUT2D eigenvalue weighted by Gasteiger charge is 2.77. The van der Waals surface area contributed by atoms with Gasteiger partial charge in [-0.05, 0) is 82.7 Å². The average molecular weight is 569 g/mol. The molecule has 4 nitrogen and oxygen atoms in total. The molecule has 7 heteroatoms. The summed E-state index contributed by atoms with van der Waals surface area (Å²) >= 11 is 0. The van der Waals surface area contributed by atoms with E-state index in [4.69, 9.17) is 4.74 Å². The van der Waals surface area contributed by atoms with Crippen LogP contribution in [0, 0.1) is 11.3 Å². The molecule has 2 bridgehead atoms. The number of hydrogen-bond acceptors (Lipinski definition) is 4. The number of halogens is 3. The molecule has 1 unspecified atom stereocenters. The van der Waals surface area contributed by atoms with Crippen LogP contribution in [0.5, 0.6) is 0 Å². The third kappa shape index (κ3) is 4.09. The molecule has 0 radical (unpaired) electrons. The van der Waals surface area contributed by atoms with Crippen LogP contribution in [0.2, 0.25) is 0 Å². The number of rotatable bonds is 6. The maximum atomic E-state index is 13.5. The smallest absolute Gasteiger partial charge is 0.416 e. The van der Waals surface area contributed by atoms with Gasteiger partial charge in [-0.25, -0.2) is 4.79 Å². The van der Waals surface area contributed by atoms with Crippen molar-refractivity contribution in [3.05, 3.63) is 137 Å². The lowest BCUT2D eigenvalue weighted by atomic mass is 9.52. The molecule has 1 aromatic heterocycles. The van der Waals surface area contributed by atoms with E-state index in [1.165, 1.54) is 24.8 Å². The van der Waals surface area contributed by atoms with Gasteiger partial charge in [-0.2, -0.15) is 13.2 Å². The van der Waals surface area contributed by atoms with E-state index in [2.05, 4.69) is 46.3 Å². The minimum atomic E-state index is -4.39. The van der Waals surface area contributed by atoms with Crippen molar-refractivity contribution in [1.29, 1.82) is 0 Å². The minimum Gasteiger partial charge on any atom is -0.465 e. The number of carbonyl (C=O) groups is 1. The zero-order valence-corrected chi connectivity index (χ0v) is 23.2. The van der Waals surface area contributed by atoms with Gasteiger partial charge in [0.25, 0.3) is 0 Å². The van der Waals surface area contributed by atoms with E-state index in [1.54, 1.807) is 24.4 Å². The van der Waals surface area contributed by atoms with Gasteiger partial charge in [-0.15, -0.1) is 0 Å². The Morgan fingerprint density at radius 3 is 2.38 bits per heavy atom. The fourth-order valence-electron chi connectivity index (χ4n) is 8.68. The molecule has 4 aromatic rings. The van der Waals surface area contributed by atoms with Crippen molar-refractivity contribution in [3.8, 4) is 0 Å². The van der Waals surface area contributed by atoms with Crippen LogP contribution in [-0.4, -0.2) is 29.5 Å². The molecule has 1 spiro atoms. The van der Waals surface area contributed by atoms with Crippen molar-refractivity contribution >= 4 is 5.97 Å². The van der Waals surface area contributed by atoms with E-state index in [1.807, 2.05) is 30.5 Å². The van der Waals surface area contributed by atoms with E-state index < -0.39 is 17.7 Å². The van der Waals surface area contributed by atoms with Gasteiger partial charge in [-0.3, -0.25) is 9.88 Å². The van der Waals surface area contributed by atoms with E-state index in [-0.39, 0.29) is 28.7 Å². The van der Waals surface area contributed by atoms with Crippen molar-refractivity contribution < 1.29 is 22.7 Å². The Kier molecular flexibility index (Phi) is 6.28. The summed E-state index contributed by atoms with van der Waals surface area (Å²) in [4.78, 5) is 19.4. The zero-order valence-electron chi connectivity index (χ0n) is 23.2. The number of hydrogen-bond donors (Lipinski definition) is 0. The van der Waals surface area contributed by atoms with E-state index >= 15 is 0 Å². The molecule has 4 aliphatic rings. The maximum absolute atomic E-state index is 13.5. The first-order valence-corrected chi connectivity index (χ1v) is 14.3. The standard InChI is InChI=1S/C35H31F3N2O2/c1-42-32(41)26-10-5-11-28(17-26)33-21-34(22-33)29(30(33)24-12-14-27(15-13-24)35(36,37)38)20-40(19-23-7-6-16-39-18-23)31(34)25-8-3-2-4-9-25/h2-18,29-31H,19-22H2,1H3/t29-,30?,31-,33?,34?/m1/s1. The summed E-state index contributed by atoms with van der Waals surface area (Å²) < 4.78 is 45.6. The van der Waals surface area contributed by atoms with Gasteiger partial charge >= 0.3 is 12.1 Å². The number of ether oxygens (including phenoxy) is 1. The molecule has 42 heavy (non-hydrogen) atoms. The third-order valence-corrected chi connectivity index (χ3v) is 10.0. The summed E-state index contributed by atoms with van der Waals surface area (Å²) in [5, 5.41) is 0. The van der Waals surface area contributed by atoms with Crippen LogP contribution in [0.15, 0.2) is 103 Å². The highest BCUT2D eigenvalue weighted by Crippen LogP contribution is 2.82. The van der Waals surface area contributed by atoms with Crippen molar-refractivity contribution in [1.82, 2.24) is 9.88 Å². The van der Waals surface area contributed by atoms with Crippen LogP contribution in [0.3, 0.4) is 0 Å². The number of esters is 1. The second kappa shape index (κ2) is 9.80. The molecule has 3 saturated carbocycles. The summed E-state index contributed by atoms with van der Waals surface area (Å²) in [7, 11) is 1.37. The Labute approximate surface area is 243 Å². The Bertz CT molecular complexity index is 1600. The summed E-state index contributed by atoms with van der Waals surface area (Å²) in [5.41, 5.74) is 3.88. The molecule has 1 aliphatic heterocycles. The quantitative estimate of drug-likeness (QED) is 0.225. The van der Waals surface area contributed by atoms with Gasteiger partial charge in [0.05, 0.1) is 18.2 Å². The molecule has 3 atom stereocenters. The number of alkyl halides is 3. The first-order chi connectivity index (χ1) is 20.2. The fraction of sp³-hybridized carbons (Fsp3) is 0.314. The van der Waals surface area contributed by atoms with Crippen LogP contribution < -0.4 is 0 Å². The lowest BCUT2D eigenvalue weighted by molar-refractivity contribution is -0.137. The summed E-state index contributed by atoms with van der Waals surface area (Å²) in [6, 6.07) is 28.2. The van der Waals surface area contributed by atoms with Crippen LogP contribution in [0.4, 0.5) is 13.2 Å². The normalized spacial score (nSPS) is 28.2. The molecule has 0 N–H and O–H groups in total. The zero-order chi connectivity index (χ0) is 29.1. The predicted molar refractivity (Wildman–Crippen MR) is 153 cm³/mol. The van der Waals surface area contributed by atoms with Gasteiger partial charge in [0.2, 0.25) is 0 Å². The molecular weight excluding hydrogens is 537 g/mol. The fourth-order valence-corrected chi connectivity index (χ4v) is 8.68. The van der Waals surface area contributed by atoms with Crippen LogP contribution in [0.25, 0.3) is 0 Å². The lowest BCUT2D eigenvalue weighted by Gasteiger charge is -2.53. The van der Waals surface area contributed by atoms with Gasteiger partial charge in [-0.1, -0.05) is 60.7 Å². The second-order valence-corrected chi connectivity index (χ2v) is 12.1. The number of pyridine rings is 1. The highest BCUT2D eigenvalue weighted by molar-refractivity contribution is 5.89. The van der Waals surface area contributed by atoms with Crippen LogP contribution in [0.1, 0.15) is 63.0 Å². The van der Waals surface area contributed by atoms with Crippen molar-refractivity contribution in [2.45, 2.75) is 42.9 Å². The Morgan fingerprint density at radius 2 is 1.71 bits per heavy atom. The number of methoxy groups -OCH3 is 1. The molecule has 0 amide bonds. The highest BCUT2D eigenvalue weighted by atomic mass is 19.4. The number of carbonyl (C=O) groups excluding carboxylic acids is 1. The third-order valence-electron chi connectivity index (χ3n) is 10.0. The number of benzene rings is 3. The summed E-state index contributed by atoms with van der Waals surface area (Å²) in [5.74, 6) is -0.174. The van der Waals surface area contributed by atoms with Crippen LogP contribution in [-0.2, 0) is 22.9 Å². The van der Waals surface area contributed by atoms with Gasteiger partial charge in [0, 0.05) is 36.9 Å². The number of aromatic nitrogens is 1. The molecular formula is C35H31F3N2O2. The Morgan fingerprint density at radius 1 is 0.952 bits per heavy atom. The molecule has 3 aromatic carbocycles. The molecule has 3 aliphatic carbocycles. The number of likely N-dealkylation sites (tertiary alicyclic amines) is 1. The topological polar surface area (TPSA) is 42.4 Å². The molecule has 2 heterocycles. The van der Waals surface area contributed by atoms with E-state index in [0.717, 1.165) is 42.6 Å². The average Bonchev–Trinajstić information content (AvgIpc) is 3.56. The molecule has 8 rings (SSSR count). The first kappa shape index (κ1) is 26.9.